The summed E-state index contributed by atoms with van der Waals surface area (Å²) in [6, 6.07) is 16.1. The van der Waals surface area contributed by atoms with Gasteiger partial charge in [0.1, 0.15) is 0 Å². The number of rotatable bonds is 7. The number of amides is 1. The van der Waals surface area contributed by atoms with E-state index in [1.807, 2.05) is 59.3 Å². The van der Waals surface area contributed by atoms with Crippen molar-refractivity contribution in [1.29, 1.82) is 0 Å². The normalized spacial score (nSPS) is 11.3. The van der Waals surface area contributed by atoms with Crippen molar-refractivity contribution < 1.29 is 4.79 Å². The zero-order valence-corrected chi connectivity index (χ0v) is 16.1. The molecule has 0 atom stereocenters. The maximum Gasteiger partial charge on any atom is 0.243 e. The maximum absolute atomic E-state index is 12.0. The highest BCUT2D eigenvalue weighted by atomic mass is 32.1. The minimum Gasteiger partial charge on any atom is -0.353 e. The molecule has 2 aromatic carbocycles. The van der Waals surface area contributed by atoms with Gasteiger partial charge >= 0.3 is 0 Å². The number of fused-ring (bicyclic) bond motifs is 1. The number of nitrogens with one attached hydrogen (secondary N) is 1. The summed E-state index contributed by atoms with van der Waals surface area (Å²) in [5, 5.41) is 4.04. The van der Waals surface area contributed by atoms with Crippen molar-refractivity contribution in [3.63, 3.8) is 0 Å². The number of para-hydroxylation sites is 1. The van der Waals surface area contributed by atoms with Crippen molar-refractivity contribution in [2.45, 2.75) is 12.8 Å². The number of carbonyl (C=O) groups is 1. The van der Waals surface area contributed by atoms with Gasteiger partial charge in [-0.15, -0.1) is 11.3 Å². The van der Waals surface area contributed by atoms with Gasteiger partial charge in [-0.3, -0.25) is 4.79 Å². The third-order valence-corrected chi connectivity index (χ3v) is 5.42. The Hall–Kier alpha value is -3.25. The number of hydrogen-bond donors (Lipinski definition) is 1. The van der Waals surface area contributed by atoms with Gasteiger partial charge in [-0.25, -0.2) is 9.97 Å². The van der Waals surface area contributed by atoms with E-state index in [1.165, 1.54) is 4.70 Å². The molecule has 0 aliphatic heterocycles. The van der Waals surface area contributed by atoms with E-state index in [0.29, 0.717) is 6.54 Å². The Morgan fingerprint density at radius 1 is 1.14 bits per heavy atom. The first-order valence-electron chi connectivity index (χ1n) is 9.17. The fourth-order valence-corrected chi connectivity index (χ4v) is 3.89. The summed E-state index contributed by atoms with van der Waals surface area (Å²) in [6.07, 6.45) is 10.5. The lowest BCUT2D eigenvalue weighted by atomic mass is 10.2. The van der Waals surface area contributed by atoms with Gasteiger partial charge < -0.3 is 9.88 Å². The largest absolute Gasteiger partial charge is 0.353 e. The van der Waals surface area contributed by atoms with E-state index < -0.39 is 0 Å². The van der Waals surface area contributed by atoms with E-state index in [2.05, 4.69) is 21.4 Å². The van der Waals surface area contributed by atoms with Crippen molar-refractivity contribution in [3.8, 4) is 5.69 Å². The summed E-state index contributed by atoms with van der Waals surface area (Å²) in [6.45, 7) is 0.638. The Balaban J connectivity index is 1.22. The maximum atomic E-state index is 12.0. The van der Waals surface area contributed by atoms with Crippen LogP contribution in [0.4, 0.5) is 0 Å². The van der Waals surface area contributed by atoms with Crippen LogP contribution in [0.15, 0.2) is 73.3 Å². The Morgan fingerprint density at radius 2 is 2.00 bits per heavy atom. The lowest BCUT2D eigenvalue weighted by Crippen LogP contribution is -2.22. The first-order chi connectivity index (χ1) is 13.8. The van der Waals surface area contributed by atoms with E-state index in [-0.39, 0.29) is 5.91 Å². The molecule has 140 valence electrons. The zero-order chi connectivity index (χ0) is 19.2. The predicted octanol–water partition coefficient (Wildman–Crippen LogP) is 4.24. The van der Waals surface area contributed by atoms with Gasteiger partial charge in [0.05, 0.1) is 21.6 Å². The number of aromatic nitrogens is 3. The van der Waals surface area contributed by atoms with E-state index in [1.54, 1.807) is 29.9 Å². The van der Waals surface area contributed by atoms with Crippen LogP contribution >= 0.6 is 11.3 Å². The fraction of sp³-hybridized carbons (Fsp3) is 0.136. The molecule has 0 bridgehead atoms. The van der Waals surface area contributed by atoms with E-state index in [9.17, 15) is 4.79 Å². The monoisotopic (exact) mass is 388 g/mol. The van der Waals surface area contributed by atoms with Crippen molar-refractivity contribution in [1.82, 2.24) is 19.9 Å². The third kappa shape index (κ3) is 4.53. The highest BCUT2D eigenvalue weighted by molar-refractivity contribution is 7.18. The molecule has 5 nitrogen and oxygen atoms in total. The molecule has 2 aromatic heterocycles. The molecule has 0 saturated heterocycles. The molecule has 28 heavy (non-hydrogen) atoms. The van der Waals surface area contributed by atoms with E-state index in [0.717, 1.165) is 34.6 Å². The van der Waals surface area contributed by atoms with Crippen LogP contribution in [-0.4, -0.2) is 27.0 Å². The molecule has 2 heterocycles. The first-order valence-corrected chi connectivity index (χ1v) is 9.98. The molecule has 4 rings (SSSR count). The van der Waals surface area contributed by atoms with E-state index >= 15 is 0 Å². The number of thiazole rings is 1. The number of nitrogens with zero attached hydrogens (tertiary/aromatic N) is 3. The molecule has 0 fully saturated rings. The van der Waals surface area contributed by atoms with Crippen LogP contribution in [0.1, 0.15) is 17.0 Å². The average Bonchev–Trinajstić information content (AvgIpc) is 3.39. The summed E-state index contributed by atoms with van der Waals surface area (Å²) >= 11 is 1.72. The lowest BCUT2D eigenvalue weighted by molar-refractivity contribution is -0.116. The fourth-order valence-electron chi connectivity index (χ4n) is 2.88. The van der Waals surface area contributed by atoms with Gasteiger partial charge in [-0.1, -0.05) is 24.3 Å². The summed E-state index contributed by atoms with van der Waals surface area (Å²) in [7, 11) is 0. The molecule has 0 aliphatic carbocycles. The van der Waals surface area contributed by atoms with Crippen LogP contribution in [0.25, 0.3) is 22.0 Å². The number of imidazole rings is 1. The summed E-state index contributed by atoms with van der Waals surface area (Å²) < 4.78 is 3.15. The van der Waals surface area contributed by atoms with Crippen molar-refractivity contribution >= 4 is 33.5 Å². The standard InChI is InChI=1S/C22H20N4OS/c27-21(12-9-17-7-10-18(11-8-17)26-15-14-23-16-26)24-13-3-6-22-25-19-4-1-2-5-20(19)28-22/h1-2,4-5,7-12,14-16H,3,6,13H2,(H,24,27)/b12-9+. The Labute approximate surface area is 167 Å². The van der Waals surface area contributed by atoms with Crippen LogP contribution in [0.2, 0.25) is 0 Å². The average molecular weight is 388 g/mol. The van der Waals surface area contributed by atoms with Gasteiger partial charge in [-0.2, -0.15) is 0 Å². The van der Waals surface area contributed by atoms with Crippen molar-refractivity contribution in [3.05, 3.63) is 83.9 Å². The summed E-state index contributed by atoms with van der Waals surface area (Å²) in [4.78, 5) is 20.7. The quantitative estimate of drug-likeness (QED) is 0.380. The molecular weight excluding hydrogens is 368 g/mol. The van der Waals surface area contributed by atoms with Gasteiger partial charge in [0.15, 0.2) is 0 Å². The Morgan fingerprint density at radius 3 is 2.79 bits per heavy atom. The number of benzene rings is 2. The van der Waals surface area contributed by atoms with Crippen LogP contribution in [0.3, 0.4) is 0 Å². The molecule has 4 aromatic rings. The second-order valence-corrected chi connectivity index (χ2v) is 7.48. The van der Waals surface area contributed by atoms with Crippen LogP contribution in [0.5, 0.6) is 0 Å². The molecule has 0 saturated carbocycles. The highest BCUT2D eigenvalue weighted by Gasteiger charge is 2.03. The Kier molecular flexibility index (Phi) is 5.58. The molecule has 6 heteroatoms. The SMILES string of the molecule is O=C(/C=C/c1ccc(-n2ccnc2)cc1)NCCCc1nc2ccccc2s1. The summed E-state index contributed by atoms with van der Waals surface area (Å²) in [5.41, 5.74) is 3.07. The lowest BCUT2D eigenvalue weighted by Gasteiger charge is -2.02. The van der Waals surface area contributed by atoms with Crippen molar-refractivity contribution in [2.75, 3.05) is 6.54 Å². The molecule has 0 aliphatic rings. The topological polar surface area (TPSA) is 59.8 Å². The molecule has 0 unspecified atom stereocenters. The number of hydrogen-bond acceptors (Lipinski definition) is 4. The minimum absolute atomic E-state index is 0.0806. The van der Waals surface area contributed by atoms with Gasteiger partial charge in [0, 0.05) is 37.1 Å². The van der Waals surface area contributed by atoms with Crippen LogP contribution in [0, 0.1) is 0 Å². The van der Waals surface area contributed by atoms with Gasteiger partial charge in [-0.05, 0) is 42.3 Å². The van der Waals surface area contributed by atoms with Gasteiger partial charge in [0.2, 0.25) is 5.91 Å². The van der Waals surface area contributed by atoms with Crippen LogP contribution in [-0.2, 0) is 11.2 Å². The number of aryl methyl sites for hydroxylation is 1. The third-order valence-electron chi connectivity index (χ3n) is 4.33. The van der Waals surface area contributed by atoms with Crippen molar-refractivity contribution in [2.24, 2.45) is 0 Å². The predicted molar refractivity (Wildman–Crippen MR) is 114 cm³/mol. The second-order valence-electron chi connectivity index (χ2n) is 6.36. The second kappa shape index (κ2) is 8.63. The Bertz CT molecular complexity index is 1050. The zero-order valence-electron chi connectivity index (χ0n) is 15.3. The molecular formula is C22H20N4OS. The molecule has 0 spiro atoms. The van der Waals surface area contributed by atoms with E-state index in [4.69, 9.17) is 0 Å². The smallest absolute Gasteiger partial charge is 0.243 e. The van der Waals surface area contributed by atoms with Gasteiger partial charge in [0.25, 0.3) is 0 Å². The highest BCUT2D eigenvalue weighted by Crippen LogP contribution is 2.22. The minimum atomic E-state index is -0.0806. The van der Waals surface area contributed by atoms with Crippen LogP contribution < -0.4 is 5.32 Å². The summed E-state index contributed by atoms with van der Waals surface area (Å²) in [5.74, 6) is -0.0806. The molecule has 1 N–H and O–H groups in total. The molecule has 1 amide bonds. The first kappa shape index (κ1) is 18.1. The molecule has 0 radical (unpaired) electrons. The number of carbonyl (C=O) groups excluding carboxylic acids is 1.